The monoisotopic (exact) mass is 308 g/mol. The largest absolute Gasteiger partial charge is 0.396 e. The number of benzene rings is 1. The van der Waals surface area contributed by atoms with Gasteiger partial charge < -0.3 is 16.8 Å². The van der Waals surface area contributed by atoms with E-state index in [-0.39, 0.29) is 33.2 Å². The Bertz CT molecular complexity index is 751. The molecule has 108 valence electrons. The van der Waals surface area contributed by atoms with Crippen molar-refractivity contribution in [2.75, 3.05) is 11.1 Å². The number of nitrogens with two attached hydrogens (primary N) is 2. The Morgan fingerprint density at radius 1 is 1.43 bits per heavy atom. The predicted octanol–water partition coefficient (Wildman–Crippen LogP) is 2.19. The third-order valence-corrected chi connectivity index (χ3v) is 3.91. The van der Waals surface area contributed by atoms with Crippen LogP contribution in [0.1, 0.15) is 20.8 Å². The third kappa shape index (κ3) is 2.93. The van der Waals surface area contributed by atoms with Crippen molar-refractivity contribution in [2.45, 2.75) is 6.54 Å². The molecule has 2 rings (SSSR count). The van der Waals surface area contributed by atoms with Gasteiger partial charge in [0.2, 0.25) is 0 Å². The zero-order chi connectivity index (χ0) is 15.6. The van der Waals surface area contributed by atoms with Gasteiger partial charge in [-0.25, -0.2) is 8.78 Å². The summed E-state index contributed by atoms with van der Waals surface area (Å²) in [6.07, 6.45) is 0. The number of carbonyl (C=O) groups is 1. The maximum Gasteiger partial charge on any atom is 0.261 e. The molecule has 1 aromatic carbocycles. The van der Waals surface area contributed by atoms with E-state index in [9.17, 15) is 13.6 Å². The highest BCUT2D eigenvalue weighted by atomic mass is 32.1. The number of thiophene rings is 1. The molecule has 5 N–H and O–H groups in total. The second-order valence-electron chi connectivity index (χ2n) is 4.11. The van der Waals surface area contributed by atoms with Crippen LogP contribution < -0.4 is 16.8 Å². The van der Waals surface area contributed by atoms with Gasteiger partial charge >= 0.3 is 0 Å². The lowest BCUT2D eigenvalue weighted by atomic mass is 10.2. The van der Waals surface area contributed by atoms with Gasteiger partial charge in [-0.3, -0.25) is 4.79 Å². The van der Waals surface area contributed by atoms with Crippen LogP contribution in [0.3, 0.4) is 0 Å². The number of primary amides is 1. The van der Waals surface area contributed by atoms with E-state index in [0.29, 0.717) is 0 Å². The van der Waals surface area contributed by atoms with Crippen LogP contribution in [0.5, 0.6) is 0 Å². The van der Waals surface area contributed by atoms with Crippen LogP contribution in [-0.2, 0) is 6.54 Å². The minimum atomic E-state index is -0.751. The third-order valence-electron chi connectivity index (χ3n) is 2.73. The quantitative estimate of drug-likeness (QED) is 0.805. The summed E-state index contributed by atoms with van der Waals surface area (Å²) < 4.78 is 26.6. The van der Waals surface area contributed by atoms with Crippen LogP contribution in [0.15, 0.2) is 18.2 Å². The van der Waals surface area contributed by atoms with Gasteiger partial charge in [-0.15, -0.1) is 11.3 Å². The van der Waals surface area contributed by atoms with Gasteiger partial charge in [0.25, 0.3) is 5.91 Å². The number of nitrogen functional groups attached to an aromatic ring is 1. The Hall–Kier alpha value is -2.66. The normalized spacial score (nSPS) is 10.1. The topological polar surface area (TPSA) is 105 Å². The summed E-state index contributed by atoms with van der Waals surface area (Å²) in [6.45, 7) is -0.0591. The van der Waals surface area contributed by atoms with E-state index < -0.39 is 17.5 Å². The molecule has 21 heavy (non-hydrogen) atoms. The van der Waals surface area contributed by atoms with Crippen molar-refractivity contribution in [1.29, 1.82) is 5.26 Å². The SMILES string of the molecule is N#Cc1c(NCc2cc(F)ccc2F)sc(C(N)=O)c1N. The Kier molecular flexibility index (Phi) is 4.05. The molecule has 0 aliphatic rings. The molecule has 0 unspecified atom stereocenters. The van der Waals surface area contributed by atoms with Gasteiger partial charge in [-0.05, 0) is 18.2 Å². The summed E-state index contributed by atoms with van der Waals surface area (Å²) in [5.41, 5.74) is 10.9. The van der Waals surface area contributed by atoms with Crippen LogP contribution in [-0.4, -0.2) is 5.91 Å². The van der Waals surface area contributed by atoms with E-state index in [1.807, 2.05) is 6.07 Å². The molecule has 0 saturated carbocycles. The Balaban J connectivity index is 2.28. The van der Waals surface area contributed by atoms with E-state index in [1.54, 1.807) is 0 Å². The van der Waals surface area contributed by atoms with Crippen LogP contribution in [0.4, 0.5) is 19.5 Å². The smallest absolute Gasteiger partial charge is 0.261 e. The van der Waals surface area contributed by atoms with E-state index >= 15 is 0 Å². The van der Waals surface area contributed by atoms with Gasteiger partial charge in [-0.1, -0.05) is 0 Å². The molecule has 0 aliphatic carbocycles. The number of amides is 1. The molecule has 0 bridgehead atoms. The Morgan fingerprint density at radius 2 is 2.14 bits per heavy atom. The molecule has 5 nitrogen and oxygen atoms in total. The molecule has 0 atom stereocenters. The number of nitriles is 1. The molecule has 0 saturated heterocycles. The molecule has 8 heteroatoms. The van der Waals surface area contributed by atoms with E-state index in [2.05, 4.69) is 5.32 Å². The Morgan fingerprint density at radius 3 is 2.76 bits per heavy atom. The lowest BCUT2D eigenvalue weighted by Crippen LogP contribution is -2.10. The predicted molar refractivity (Wildman–Crippen MR) is 75.6 cm³/mol. The molecular weight excluding hydrogens is 298 g/mol. The second kappa shape index (κ2) is 5.76. The number of rotatable bonds is 4. The molecule has 2 aromatic rings. The average Bonchev–Trinajstić information content (AvgIpc) is 2.76. The van der Waals surface area contributed by atoms with Crippen LogP contribution in [0, 0.1) is 23.0 Å². The second-order valence-corrected chi connectivity index (χ2v) is 5.13. The average molecular weight is 308 g/mol. The number of halogens is 2. The lowest BCUT2D eigenvalue weighted by molar-refractivity contribution is 0.100. The van der Waals surface area contributed by atoms with Crippen molar-refractivity contribution >= 4 is 27.9 Å². The van der Waals surface area contributed by atoms with E-state index in [0.717, 1.165) is 29.5 Å². The summed E-state index contributed by atoms with van der Waals surface area (Å²) >= 11 is 0.899. The van der Waals surface area contributed by atoms with Crippen molar-refractivity contribution < 1.29 is 13.6 Å². The number of hydrogen-bond donors (Lipinski definition) is 3. The molecule has 1 amide bonds. The highest BCUT2D eigenvalue weighted by Crippen LogP contribution is 2.35. The fraction of sp³-hybridized carbons (Fsp3) is 0.0769. The van der Waals surface area contributed by atoms with E-state index in [4.69, 9.17) is 16.7 Å². The first-order valence-corrected chi connectivity index (χ1v) is 6.55. The highest BCUT2D eigenvalue weighted by molar-refractivity contribution is 7.18. The summed E-state index contributed by atoms with van der Waals surface area (Å²) in [5.74, 6) is -1.90. The summed E-state index contributed by atoms with van der Waals surface area (Å²) in [6, 6.07) is 4.91. The minimum Gasteiger partial charge on any atom is -0.396 e. The standard InChI is InChI=1S/C13H10F2N4OS/c14-7-1-2-9(15)6(3-7)5-19-13-8(4-16)10(17)11(21-13)12(18)20/h1-3,19H,5,17H2,(H2,18,20). The van der Waals surface area contributed by atoms with Gasteiger partial charge in [0, 0.05) is 12.1 Å². The van der Waals surface area contributed by atoms with Crippen molar-refractivity contribution in [3.05, 3.63) is 45.8 Å². The van der Waals surface area contributed by atoms with Crippen LogP contribution in [0.2, 0.25) is 0 Å². The fourth-order valence-corrected chi connectivity index (χ4v) is 2.64. The number of carbonyl (C=O) groups excluding carboxylic acids is 1. The van der Waals surface area contributed by atoms with Gasteiger partial charge in [-0.2, -0.15) is 5.26 Å². The lowest BCUT2D eigenvalue weighted by Gasteiger charge is -2.06. The van der Waals surface area contributed by atoms with Crippen LogP contribution >= 0.6 is 11.3 Å². The first-order chi connectivity index (χ1) is 9.93. The summed E-state index contributed by atoms with van der Waals surface area (Å²) in [4.78, 5) is 11.2. The Labute approximate surface area is 122 Å². The van der Waals surface area contributed by atoms with Crippen molar-refractivity contribution in [3.8, 4) is 6.07 Å². The van der Waals surface area contributed by atoms with Gasteiger partial charge in [0.05, 0.1) is 5.69 Å². The molecular formula is C13H10F2N4OS. The minimum absolute atomic E-state index is 0.0165. The zero-order valence-corrected chi connectivity index (χ0v) is 11.4. The first kappa shape index (κ1) is 14.7. The molecule has 0 spiro atoms. The van der Waals surface area contributed by atoms with E-state index in [1.165, 1.54) is 0 Å². The summed E-state index contributed by atoms with van der Waals surface area (Å²) in [7, 11) is 0. The zero-order valence-electron chi connectivity index (χ0n) is 10.6. The summed E-state index contributed by atoms with van der Waals surface area (Å²) in [5, 5.41) is 12.1. The number of hydrogen-bond acceptors (Lipinski definition) is 5. The van der Waals surface area contributed by atoms with Gasteiger partial charge in [0.15, 0.2) is 0 Å². The van der Waals surface area contributed by atoms with Crippen molar-refractivity contribution in [1.82, 2.24) is 0 Å². The fourth-order valence-electron chi connectivity index (χ4n) is 1.72. The molecule has 0 radical (unpaired) electrons. The number of anilines is 2. The number of nitrogens with one attached hydrogen (secondary N) is 1. The highest BCUT2D eigenvalue weighted by Gasteiger charge is 2.19. The molecule has 0 fully saturated rings. The first-order valence-electron chi connectivity index (χ1n) is 5.74. The number of nitrogens with zero attached hydrogens (tertiary/aromatic N) is 1. The van der Waals surface area contributed by atoms with Crippen LogP contribution in [0.25, 0.3) is 0 Å². The van der Waals surface area contributed by atoms with Crippen molar-refractivity contribution in [2.24, 2.45) is 5.73 Å². The van der Waals surface area contributed by atoms with Crippen molar-refractivity contribution in [3.63, 3.8) is 0 Å². The van der Waals surface area contributed by atoms with Gasteiger partial charge in [0.1, 0.15) is 33.1 Å². The molecule has 1 aromatic heterocycles. The maximum absolute atomic E-state index is 13.5. The molecule has 1 heterocycles. The maximum atomic E-state index is 13.5. The molecule has 0 aliphatic heterocycles.